The molecule has 1 spiro atoms. The fourth-order valence-corrected chi connectivity index (χ4v) is 7.85. The number of carbonyl (C=O) groups is 3. The van der Waals surface area contributed by atoms with E-state index in [2.05, 4.69) is 31.4 Å². The molecule has 0 saturated carbocycles. The molecule has 0 radical (unpaired) electrons. The first-order valence-corrected chi connectivity index (χ1v) is 14.4. The van der Waals surface area contributed by atoms with Crippen molar-refractivity contribution in [2.75, 3.05) is 6.61 Å². The number of nitrogens with zero attached hydrogens (tertiary/aromatic N) is 1. The Morgan fingerprint density at radius 2 is 1.79 bits per heavy atom. The third-order valence-electron chi connectivity index (χ3n) is 9.10. The topological polar surface area (TPSA) is 108 Å². The highest BCUT2D eigenvalue weighted by atomic mass is 16.5. The molecular formula is C31H47N3O5. The van der Waals surface area contributed by atoms with E-state index in [9.17, 15) is 19.5 Å². The van der Waals surface area contributed by atoms with Crippen molar-refractivity contribution in [1.29, 1.82) is 0 Å². The third kappa shape index (κ3) is 5.10. The number of benzene rings is 1. The van der Waals surface area contributed by atoms with Gasteiger partial charge in [-0.15, -0.1) is 0 Å². The molecule has 1 aromatic carbocycles. The molecule has 1 aromatic rings. The van der Waals surface area contributed by atoms with Gasteiger partial charge in [0.15, 0.2) is 0 Å². The van der Waals surface area contributed by atoms with Gasteiger partial charge in [0, 0.05) is 12.1 Å². The Hall–Kier alpha value is -2.45. The van der Waals surface area contributed by atoms with Crippen molar-refractivity contribution >= 4 is 17.7 Å². The van der Waals surface area contributed by atoms with Gasteiger partial charge >= 0.3 is 0 Å². The van der Waals surface area contributed by atoms with Crippen LogP contribution in [0.3, 0.4) is 0 Å². The van der Waals surface area contributed by atoms with Crippen LogP contribution in [0, 0.1) is 23.2 Å². The van der Waals surface area contributed by atoms with Crippen LogP contribution in [0.15, 0.2) is 30.3 Å². The number of fused-ring (bicyclic) bond motifs is 1. The zero-order valence-corrected chi connectivity index (χ0v) is 24.8. The van der Waals surface area contributed by atoms with Gasteiger partial charge in [-0.05, 0) is 56.9 Å². The molecule has 3 aliphatic rings. The van der Waals surface area contributed by atoms with Gasteiger partial charge in [-0.25, -0.2) is 0 Å². The van der Waals surface area contributed by atoms with Gasteiger partial charge < -0.3 is 25.4 Å². The van der Waals surface area contributed by atoms with E-state index in [1.54, 1.807) is 4.90 Å². The van der Waals surface area contributed by atoms with Gasteiger partial charge in [-0.2, -0.15) is 0 Å². The summed E-state index contributed by atoms with van der Waals surface area (Å²) in [5, 5.41) is 16.5. The van der Waals surface area contributed by atoms with Crippen molar-refractivity contribution in [3.05, 3.63) is 35.9 Å². The molecule has 4 rings (SSSR count). The second kappa shape index (κ2) is 10.2. The predicted molar refractivity (Wildman–Crippen MR) is 149 cm³/mol. The normalized spacial score (nSPS) is 32.7. The van der Waals surface area contributed by atoms with Crippen LogP contribution in [0.2, 0.25) is 0 Å². The predicted octanol–water partition coefficient (Wildman–Crippen LogP) is 3.42. The van der Waals surface area contributed by atoms with Crippen LogP contribution in [0.1, 0.15) is 80.2 Å². The van der Waals surface area contributed by atoms with Crippen LogP contribution in [-0.2, 0) is 25.7 Å². The number of hydrogen-bond donors (Lipinski definition) is 3. The Bertz CT molecular complexity index is 1100. The number of hydrogen-bond acceptors (Lipinski definition) is 5. The minimum Gasteiger partial charge on any atom is -0.394 e. The Morgan fingerprint density at radius 3 is 2.36 bits per heavy atom. The van der Waals surface area contributed by atoms with Crippen molar-refractivity contribution in [3.8, 4) is 0 Å². The maximum absolute atomic E-state index is 14.3. The molecule has 3 heterocycles. The lowest BCUT2D eigenvalue weighted by molar-refractivity contribution is -0.151. The Kier molecular flexibility index (Phi) is 7.71. The number of rotatable bonds is 9. The molecule has 8 heteroatoms. The minimum absolute atomic E-state index is 0.0217. The summed E-state index contributed by atoms with van der Waals surface area (Å²) in [5.74, 6) is -2.37. The molecule has 3 amide bonds. The maximum atomic E-state index is 14.3. The van der Waals surface area contributed by atoms with E-state index in [4.69, 9.17) is 4.74 Å². The Labute approximate surface area is 233 Å². The summed E-state index contributed by atoms with van der Waals surface area (Å²) in [6, 6.07) is 8.18. The molecule has 8 nitrogen and oxygen atoms in total. The first-order valence-electron chi connectivity index (χ1n) is 14.4. The van der Waals surface area contributed by atoms with E-state index < -0.39 is 40.7 Å². The first kappa shape index (κ1) is 29.5. The summed E-state index contributed by atoms with van der Waals surface area (Å²) in [4.78, 5) is 43.8. The van der Waals surface area contributed by atoms with Crippen molar-refractivity contribution in [3.63, 3.8) is 0 Å². The number of carbonyl (C=O) groups excluding carboxylic acids is 3. The van der Waals surface area contributed by atoms with Gasteiger partial charge in [-0.3, -0.25) is 14.4 Å². The highest BCUT2D eigenvalue weighted by Crippen LogP contribution is 2.65. The smallest absolute Gasteiger partial charge is 0.246 e. The van der Waals surface area contributed by atoms with Crippen molar-refractivity contribution in [2.45, 2.75) is 110 Å². The molecule has 3 fully saturated rings. The molecule has 0 aromatic heterocycles. The first-order chi connectivity index (χ1) is 18.1. The van der Waals surface area contributed by atoms with Gasteiger partial charge in [0.1, 0.15) is 11.6 Å². The van der Waals surface area contributed by atoms with Gasteiger partial charge in [-0.1, -0.05) is 65.0 Å². The quantitative estimate of drug-likeness (QED) is 0.444. The molecule has 7 atom stereocenters. The number of likely N-dealkylation sites (tertiary alicyclic amines) is 1. The lowest BCUT2D eigenvalue weighted by Crippen LogP contribution is -2.61. The number of aliphatic hydroxyl groups excluding tert-OH is 1. The van der Waals surface area contributed by atoms with E-state index in [0.29, 0.717) is 19.4 Å². The molecule has 0 aliphatic carbocycles. The highest BCUT2D eigenvalue weighted by molar-refractivity contribution is 5.99. The van der Waals surface area contributed by atoms with E-state index in [1.807, 2.05) is 65.0 Å². The number of nitrogens with one attached hydrogen (secondary N) is 2. The molecule has 216 valence electrons. The van der Waals surface area contributed by atoms with Crippen LogP contribution in [-0.4, -0.2) is 63.2 Å². The summed E-state index contributed by atoms with van der Waals surface area (Å²) in [5.41, 5.74) is -1.60. The molecular weight excluding hydrogens is 494 g/mol. The summed E-state index contributed by atoms with van der Waals surface area (Å²) in [6.45, 7) is 16.3. The second-order valence-corrected chi connectivity index (χ2v) is 14.0. The molecule has 3 saturated heterocycles. The van der Waals surface area contributed by atoms with Crippen molar-refractivity contribution in [1.82, 2.24) is 15.5 Å². The number of ether oxygens (including phenoxy) is 1. The molecule has 3 N–H and O–H groups in total. The third-order valence-corrected chi connectivity index (χ3v) is 9.10. The molecule has 2 bridgehead atoms. The van der Waals surface area contributed by atoms with Crippen molar-refractivity contribution in [2.24, 2.45) is 23.2 Å². The minimum atomic E-state index is -1.13. The van der Waals surface area contributed by atoms with E-state index in [-0.39, 0.29) is 35.7 Å². The monoisotopic (exact) mass is 541 g/mol. The lowest BCUT2D eigenvalue weighted by atomic mass is 9.62. The van der Waals surface area contributed by atoms with Gasteiger partial charge in [0.2, 0.25) is 17.7 Å². The van der Waals surface area contributed by atoms with Crippen LogP contribution in [0.5, 0.6) is 0 Å². The average molecular weight is 542 g/mol. The largest absolute Gasteiger partial charge is 0.394 e. The molecule has 39 heavy (non-hydrogen) atoms. The number of aliphatic hydroxyl groups is 1. The zero-order valence-electron chi connectivity index (χ0n) is 24.8. The Balaban J connectivity index is 1.71. The van der Waals surface area contributed by atoms with Crippen LogP contribution in [0.4, 0.5) is 0 Å². The Morgan fingerprint density at radius 1 is 1.15 bits per heavy atom. The van der Waals surface area contributed by atoms with E-state index in [0.717, 1.165) is 12.0 Å². The summed E-state index contributed by atoms with van der Waals surface area (Å²) >= 11 is 0. The zero-order chi connectivity index (χ0) is 29.0. The summed E-state index contributed by atoms with van der Waals surface area (Å²) < 4.78 is 6.79. The summed E-state index contributed by atoms with van der Waals surface area (Å²) in [7, 11) is 0. The lowest BCUT2D eigenvalue weighted by Gasteiger charge is -2.40. The average Bonchev–Trinajstić information content (AvgIpc) is 3.34. The maximum Gasteiger partial charge on any atom is 0.246 e. The molecule has 3 unspecified atom stereocenters. The highest BCUT2D eigenvalue weighted by Gasteiger charge is 2.80. The van der Waals surface area contributed by atoms with Crippen LogP contribution >= 0.6 is 0 Å². The second-order valence-electron chi connectivity index (χ2n) is 14.0. The molecule has 3 aliphatic heterocycles. The van der Waals surface area contributed by atoms with Crippen molar-refractivity contribution < 1.29 is 24.2 Å². The fraction of sp³-hybridized carbons (Fsp3) is 0.710. The van der Waals surface area contributed by atoms with Gasteiger partial charge in [0.05, 0.1) is 30.1 Å². The SMILES string of the molecule is CC[C@@H](CO)N1C(=O)[C@@H]2[C@@H](C(=O)NCc3ccccc3)[C@]3(C)OC2(CC3C)C1C(=O)NC(C)(C)CC(C)(C)C. The van der Waals surface area contributed by atoms with E-state index in [1.165, 1.54) is 0 Å². The summed E-state index contributed by atoms with van der Waals surface area (Å²) in [6.07, 6.45) is 1.72. The van der Waals surface area contributed by atoms with Crippen LogP contribution < -0.4 is 10.6 Å². The number of amides is 3. The van der Waals surface area contributed by atoms with Crippen LogP contribution in [0.25, 0.3) is 0 Å². The fourth-order valence-electron chi connectivity index (χ4n) is 7.85. The van der Waals surface area contributed by atoms with Gasteiger partial charge in [0.25, 0.3) is 0 Å². The van der Waals surface area contributed by atoms with E-state index >= 15 is 0 Å². The standard InChI is InChI=1S/C31H47N3O5/c1-9-21(17-35)34-24(26(37)33-29(6,7)18-28(3,4)5)31-15-19(2)30(8,39-31)22(23(31)27(34)38)25(36)32-16-20-13-11-10-12-14-20/h10-14,19,21-24,35H,9,15-18H2,1-8H3,(H,32,36)(H,33,37)/t19?,21-,22-,23-,24?,30+,31?/m0/s1.